The lowest BCUT2D eigenvalue weighted by atomic mass is 10.0. The van der Waals surface area contributed by atoms with Crippen LogP contribution in [-0.2, 0) is 28.6 Å². The molecule has 0 fully saturated rings. The number of carbonyl (C=O) groups is 3. The van der Waals surface area contributed by atoms with Gasteiger partial charge in [0, 0.05) is 19.3 Å². The average molecular weight is 1090 g/mol. The minimum Gasteiger partial charge on any atom is -0.462 e. The standard InChI is InChI=1S/C72H130O6/c1-4-7-10-13-16-19-22-24-26-28-29-30-31-32-33-34-35-36-37-38-39-40-41-42-43-45-46-48-50-53-56-59-62-65-71(74)77-68-69(67-76-70(73)64-61-58-55-52-21-18-15-12-9-6-3)78-72(75)66-63-60-57-54-51-49-47-44-27-25-23-20-17-14-11-8-5-2/h7,10,16,19,24,26,29-30,32-33,69H,4-6,8-9,11-15,17-18,20-23,25,27-28,31,34-68H2,1-3H3/b10-7-,19-16-,26-24-,30-29-,33-32-. The number of ether oxygens (including phenoxy) is 3. The molecule has 0 spiro atoms. The van der Waals surface area contributed by atoms with Gasteiger partial charge in [0.15, 0.2) is 6.10 Å². The van der Waals surface area contributed by atoms with Gasteiger partial charge in [0.25, 0.3) is 0 Å². The molecule has 0 bridgehead atoms. The van der Waals surface area contributed by atoms with Crippen molar-refractivity contribution < 1.29 is 28.6 Å². The summed E-state index contributed by atoms with van der Waals surface area (Å²) in [6.45, 7) is 6.57. The first-order valence-electron chi connectivity index (χ1n) is 34.3. The molecule has 0 saturated heterocycles. The van der Waals surface area contributed by atoms with E-state index in [4.69, 9.17) is 14.2 Å². The lowest BCUT2D eigenvalue weighted by Gasteiger charge is -2.18. The van der Waals surface area contributed by atoms with E-state index in [0.717, 1.165) is 89.9 Å². The minimum absolute atomic E-state index is 0.0665. The van der Waals surface area contributed by atoms with Gasteiger partial charge in [-0.2, -0.15) is 0 Å². The molecule has 1 unspecified atom stereocenters. The van der Waals surface area contributed by atoms with Gasteiger partial charge in [-0.05, 0) is 64.2 Å². The minimum atomic E-state index is -0.768. The average Bonchev–Trinajstić information content (AvgIpc) is 3.44. The zero-order valence-corrected chi connectivity index (χ0v) is 52.2. The van der Waals surface area contributed by atoms with E-state index >= 15 is 0 Å². The maximum Gasteiger partial charge on any atom is 0.306 e. The Morgan fingerprint density at radius 1 is 0.269 bits per heavy atom. The summed E-state index contributed by atoms with van der Waals surface area (Å²) < 4.78 is 16.9. The predicted molar refractivity (Wildman–Crippen MR) is 339 cm³/mol. The topological polar surface area (TPSA) is 78.9 Å². The van der Waals surface area contributed by atoms with Crippen LogP contribution in [0.25, 0.3) is 0 Å². The van der Waals surface area contributed by atoms with Gasteiger partial charge in [-0.15, -0.1) is 0 Å². The van der Waals surface area contributed by atoms with Crippen molar-refractivity contribution in [3.8, 4) is 0 Å². The van der Waals surface area contributed by atoms with Gasteiger partial charge < -0.3 is 14.2 Å². The van der Waals surface area contributed by atoms with Crippen LogP contribution in [0.4, 0.5) is 0 Å². The second-order valence-electron chi connectivity index (χ2n) is 23.1. The highest BCUT2D eigenvalue weighted by atomic mass is 16.6. The third kappa shape index (κ3) is 63.9. The Labute approximate surface area is 485 Å². The third-order valence-corrected chi connectivity index (χ3v) is 15.3. The molecular formula is C72H130O6. The zero-order chi connectivity index (χ0) is 56.4. The molecule has 0 heterocycles. The predicted octanol–water partition coefficient (Wildman–Crippen LogP) is 23.5. The van der Waals surface area contributed by atoms with Gasteiger partial charge in [-0.25, -0.2) is 0 Å². The first-order valence-corrected chi connectivity index (χ1v) is 34.3. The molecule has 0 N–H and O–H groups in total. The molecule has 454 valence electrons. The van der Waals surface area contributed by atoms with Gasteiger partial charge in [-0.1, -0.05) is 338 Å². The summed E-state index contributed by atoms with van der Waals surface area (Å²) in [5, 5.41) is 0. The third-order valence-electron chi connectivity index (χ3n) is 15.3. The number of hydrogen-bond acceptors (Lipinski definition) is 6. The van der Waals surface area contributed by atoms with Crippen LogP contribution in [0.1, 0.15) is 361 Å². The first-order chi connectivity index (χ1) is 38.5. The molecule has 0 aliphatic carbocycles. The smallest absolute Gasteiger partial charge is 0.306 e. The Morgan fingerprint density at radius 2 is 0.500 bits per heavy atom. The lowest BCUT2D eigenvalue weighted by molar-refractivity contribution is -0.167. The lowest BCUT2D eigenvalue weighted by Crippen LogP contribution is -2.30. The van der Waals surface area contributed by atoms with Crippen molar-refractivity contribution in [3.05, 3.63) is 60.8 Å². The molecule has 0 saturated carbocycles. The quantitative estimate of drug-likeness (QED) is 0.0261. The van der Waals surface area contributed by atoms with E-state index < -0.39 is 6.10 Å². The molecular weight excluding hydrogens is 961 g/mol. The molecule has 0 amide bonds. The molecule has 78 heavy (non-hydrogen) atoms. The van der Waals surface area contributed by atoms with Crippen LogP contribution in [0.2, 0.25) is 0 Å². The Morgan fingerprint density at radius 3 is 0.782 bits per heavy atom. The molecule has 1 atom stereocenters. The van der Waals surface area contributed by atoms with Crippen LogP contribution in [0.5, 0.6) is 0 Å². The fraction of sp³-hybridized carbons (Fsp3) is 0.819. The van der Waals surface area contributed by atoms with Gasteiger partial charge in [-0.3, -0.25) is 14.4 Å². The highest BCUT2D eigenvalue weighted by Crippen LogP contribution is 2.18. The molecule has 6 nitrogen and oxygen atoms in total. The second-order valence-corrected chi connectivity index (χ2v) is 23.1. The molecule has 0 rings (SSSR count). The maximum atomic E-state index is 12.9. The molecule has 0 aliphatic rings. The van der Waals surface area contributed by atoms with Crippen molar-refractivity contribution >= 4 is 17.9 Å². The van der Waals surface area contributed by atoms with Crippen molar-refractivity contribution in [2.24, 2.45) is 0 Å². The number of esters is 3. The number of hydrogen-bond donors (Lipinski definition) is 0. The second kappa shape index (κ2) is 66.6. The van der Waals surface area contributed by atoms with Gasteiger partial charge >= 0.3 is 17.9 Å². The van der Waals surface area contributed by atoms with Crippen LogP contribution in [0.15, 0.2) is 60.8 Å². The molecule has 0 aromatic rings. The summed E-state index contributed by atoms with van der Waals surface area (Å²) >= 11 is 0. The SMILES string of the molecule is CC/C=C\C/C=C\C/C=C\C/C=C\C/C=C\CCCCCCCCCCCCCCCCCCCC(=O)OCC(COC(=O)CCCCCCCCCCCC)OC(=O)CCCCCCCCCCCCCCCCCCC. The van der Waals surface area contributed by atoms with E-state index in [0.29, 0.717) is 19.3 Å². The van der Waals surface area contributed by atoms with E-state index in [-0.39, 0.29) is 31.1 Å². The van der Waals surface area contributed by atoms with Gasteiger partial charge in [0.2, 0.25) is 0 Å². The van der Waals surface area contributed by atoms with Gasteiger partial charge in [0.1, 0.15) is 13.2 Å². The maximum absolute atomic E-state index is 12.9. The van der Waals surface area contributed by atoms with E-state index in [2.05, 4.69) is 81.5 Å². The molecule has 0 radical (unpaired) electrons. The first kappa shape index (κ1) is 75.1. The highest BCUT2D eigenvalue weighted by molar-refractivity contribution is 5.71. The van der Waals surface area contributed by atoms with Crippen molar-refractivity contribution in [1.29, 1.82) is 0 Å². The van der Waals surface area contributed by atoms with Crippen molar-refractivity contribution in [2.45, 2.75) is 367 Å². The summed E-state index contributed by atoms with van der Waals surface area (Å²) in [6, 6.07) is 0. The normalized spacial score (nSPS) is 12.4. The van der Waals surface area contributed by atoms with Crippen LogP contribution in [0, 0.1) is 0 Å². The Balaban J connectivity index is 4.08. The summed E-state index contributed by atoms with van der Waals surface area (Å²) in [4.78, 5) is 38.3. The van der Waals surface area contributed by atoms with Crippen LogP contribution in [-0.4, -0.2) is 37.2 Å². The number of carbonyl (C=O) groups excluding carboxylic acids is 3. The van der Waals surface area contributed by atoms with Crippen LogP contribution in [0.3, 0.4) is 0 Å². The van der Waals surface area contributed by atoms with Crippen molar-refractivity contribution in [1.82, 2.24) is 0 Å². The fourth-order valence-electron chi connectivity index (χ4n) is 10.2. The monoisotopic (exact) mass is 1090 g/mol. The number of unbranched alkanes of at least 4 members (excludes halogenated alkanes) is 42. The van der Waals surface area contributed by atoms with Gasteiger partial charge in [0.05, 0.1) is 0 Å². The molecule has 0 aromatic carbocycles. The Kier molecular flexibility index (Phi) is 64.2. The van der Waals surface area contributed by atoms with E-state index in [1.165, 1.54) is 231 Å². The largest absolute Gasteiger partial charge is 0.462 e. The molecule has 6 heteroatoms. The summed E-state index contributed by atoms with van der Waals surface area (Å²) in [5.74, 6) is -0.843. The van der Waals surface area contributed by atoms with Crippen molar-refractivity contribution in [3.63, 3.8) is 0 Å². The number of rotatable bonds is 63. The van der Waals surface area contributed by atoms with E-state index in [1.54, 1.807) is 0 Å². The van der Waals surface area contributed by atoms with Crippen LogP contribution >= 0.6 is 0 Å². The fourth-order valence-corrected chi connectivity index (χ4v) is 10.2. The Hall–Kier alpha value is -2.89. The van der Waals surface area contributed by atoms with E-state index in [9.17, 15) is 14.4 Å². The van der Waals surface area contributed by atoms with Crippen LogP contribution < -0.4 is 0 Å². The summed E-state index contributed by atoms with van der Waals surface area (Å²) in [6.07, 6.45) is 85.4. The number of allylic oxidation sites excluding steroid dienone is 10. The molecule has 0 aliphatic heterocycles. The van der Waals surface area contributed by atoms with Crippen molar-refractivity contribution in [2.75, 3.05) is 13.2 Å². The highest BCUT2D eigenvalue weighted by Gasteiger charge is 2.19. The van der Waals surface area contributed by atoms with E-state index in [1.807, 2.05) is 0 Å². The molecule has 0 aromatic heterocycles. The summed E-state index contributed by atoms with van der Waals surface area (Å²) in [5.41, 5.74) is 0. The Bertz CT molecular complexity index is 1390. The zero-order valence-electron chi connectivity index (χ0n) is 52.2. The summed E-state index contributed by atoms with van der Waals surface area (Å²) in [7, 11) is 0.